The Morgan fingerprint density at radius 3 is 2.56 bits per heavy atom. The second kappa shape index (κ2) is 7.99. The first kappa shape index (κ1) is 19.2. The molecule has 27 heavy (non-hydrogen) atoms. The van der Waals surface area contributed by atoms with Gasteiger partial charge in [-0.15, -0.1) is 11.3 Å². The van der Waals surface area contributed by atoms with Gasteiger partial charge in [0.25, 0.3) is 0 Å². The summed E-state index contributed by atoms with van der Waals surface area (Å²) in [6, 6.07) is 14.5. The number of aromatic nitrogens is 1. The summed E-state index contributed by atoms with van der Waals surface area (Å²) in [6.07, 6.45) is 1.75. The molecule has 0 aliphatic heterocycles. The molecule has 0 bridgehead atoms. The van der Waals surface area contributed by atoms with Crippen molar-refractivity contribution in [3.05, 3.63) is 65.0 Å². The summed E-state index contributed by atoms with van der Waals surface area (Å²) >= 11 is 1.46. The third kappa shape index (κ3) is 5.22. The van der Waals surface area contributed by atoms with Gasteiger partial charge in [0.2, 0.25) is 10.0 Å². The minimum absolute atomic E-state index is 0.233. The number of rotatable bonds is 7. The van der Waals surface area contributed by atoms with E-state index in [4.69, 9.17) is 5.11 Å². The highest BCUT2D eigenvalue weighted by Gasteiger charge is 2.10. The van der Waals surface area contributed by atoms with E-state index in [1.54, 1.807) is 18.2 Å². The summed E-state index contributed by atoms with van der Waals surface area (Å²) in [6.45, 7) is 0.360. The van der Waals surface area contributed by atoms with Crippen LogP contribution in [0.1, 0.15) is 15.9 Å². The van der Waals surface area contributed by atoms with E-state index < -0.39 is 16.0 Å². The monoisotopic (exact) mass is 402 g/mol. The summed E-state index contributed by atoms with van der Waals surface area (Å²) in [4.78, 5) is 15.7. The van der Waals surface area contributed by atoms with Crippen LogP contribution in [0.5, 0.6) is 0 Å². The summed E-state index contributed by atoms with van der Waals surface area (Å²) in [7, 11) is -3.17. The molecule has 0 aliphatic rings. The van der Waals surface area contributed by atoms with Crippen molar-refractivity contribution in [2.45, 2.75) is 6.42 Å². The molecule has 0 saturated heterocycles. The van der Waals surface area contributed by atoms with Crippen LogP contribution in [-0.2, 0) is 16.4 Å². The number of sulfonamides is 1. The first-order valence-electron chi connectivity index (χ1n) is 8.15. The van der Waals surface area contributed by atoms with Crippen molar-refractivity contribution in [2.24, 2.45) is 0 Å². The van der Waals surface area contributed by atoms with Gasteiger partial charge >= 0.3 is 5.97 Å². The van der Waals surface area contributed by atoms with Crippen molar-refractivity contribution in [3.8, 4) is 21.8 Å². The minimum Gasteiger partial charge on any atom is -0.478 e. The normalized spacial score (nSPS) is 11.4. The van der Waals surface area contributed by atoms with Gasteiger partial charge in [0.1, 0.15) is 5.01 Å². The Morgan fingerprint density at radius 1 is 1.15 bits per heavy atom. The summed E-state index contributed by atoms with van der Waals surface area (Å²) in [5, 5.41) is 11.8. The van der Waals surface area contributed by atoms with Crippen LogP contribution in [0, 0.1) is 0 Å². The van der Waals surface area contributed by atoms with E-state index in [0.717, 1.165) is 33.6 Å². The molecule has 0 fully saturated rings. The first-order valence-corrected chi connectivity index (χ1v) is 10.9. The second-order valence-corrected chi connectivity index (χ2v) is 8.73. The molecule has 2 N–H and O–H groups in total. The van der Waals surface area contributed by atoms with E-state index >= 15 is 0 Å². The largest absolute Gasteiger partial charge is 0.478 e. The molecule has 1 aromatic heterocycles. The zero-order valence-electron chi connectivity index (χ0n) is 14.5. The highest BCUT2D eigenvalue weighted by Crippen LogP contribution is 2.29. The Labute approximate surface area is 161 Å². The van der Waals surface area contributed by atoms with Gasteiger partial charge < -0.3 is 5.11 Å². The van der Waals surface area contributed by atoms with Crippen LogP contribution in [0.3, 0.4) is 0 Å². The van der Waals surface area contributed by atoms with Crippen LogP contribution >= 0.6 is 11.3 Å². The number of hydrogen-bond acceptors (Lipinski definition) is 5. The SMILES string of the molecule is CS(=O)(=O)NCCc1ccc(-c2csc(-c3cccc(C(=O)O)c3)n2)cc1. The number of nitrogens with zero attached hydrogens (tertiary/aromatic N) is 1. The predicted octanol–water partition coefficient (Wildman–Crippen LogP) is 3.27. The van der Waals surface area contributed by atoms with E-state index in [-0.39, 0.29) is 5.56 Å². The highest BCUT2D eigenvalue weighted by molar-refractivity contribution is 7.88. The van der Waals surface area contributed by atoms with E-state index in [2.05, 4.69) is 9.71 Å². The van der Waals surface area contributed by atoms with Crippen LogP contribution in [0.4, 0.5) is 0 Å². The number of nitrogens with one attached hydrogen (secondary N) is 1. The lowest BCUT2D eigenvalue weighted by molar-refractivity contribution is 0.0697. The molecule has 0 unspecified atom stereocenters. The minimum atomic E-state index is -3.17. The van der Waals surface area contributed by atoms with E-state index in [1.165, 1.54) is 11.3 Å². The van der Waals surface area contributed by atoms with E-state index in [1.807, 2.05) is 35.7 Å². The Hall–Kier alpha value is -2.55. The van der Waals surface area contributed by atoms with Crippen molar-refractivity contribution in [3.63, 3.8) is 0 Å². The molecule has 8 heteroatoms. The average molecular weight is 402 g/mol. The van der Waals surface area contributed by atoms with Gasteiger partial charge in [0, 0.05) is 23.1 Å². The Morgan fingerprint density at radius 2 is 1.89 bits per heavy atom. The molecule has 3 rings (SSSR count). The third-order valence-corrected chi connectivity index (χ3v) is 5.51. The molecule has 0 amide bonds. The summed E-state index contributed by atoms with van der Waals surface area (Å²) in [5.41, 5.74) is 3.80. The fourth-order valence-corrected chi connectivity index (χ4v) is 3.85. The quantitative estimate of drug-likeness (QED) is 0.632. The molecular weight excluding hydrogens is 384 g/mol. The van der Waals surface area contributed by atoms with Crippen molar-refractivity contribution >= 4 is 27.3 Å². The average Bonchev–Trinajstić information content (AvgIpc) is 3.11. The standard InChI is InChI=1S/C19H18N2O4S2/c1-27(24,25)20-10-9-13-5-7-14(8-6-13)17-12-26-18(21-17)15-3-2-4-16(11-15)19(22)23/h2-8,11-12,20H,9-10H2,1H3,(H,22,23). The van der Waals surface area contributed by atoms with Crippen molar-refractivity contribution in [1.29, 1.82) is 0 Å². The van der Waals surface area contributed by atoms with Crippen LogP contribution in [-0.4, -0.2) is 37.3 Å². The lowest BCUT2D eigenvalue weighted by Crippen LogP contribution is -2.24. The molecule has 0 aliphatic carbocycles. The maximum atomic E-state index is 11.1. The van der Waals surface area contributed by atoms with Gasteiger partial charge in [-0.2, -0.15) is 0 Å². The van der Waals surface area contributed by atoms with Gasteiger partial charge in [-0.3, -0.25) is 0 Å². The maximum Gasteiger partial charge on any atom is 0.335 e. The van der Waals surface area contributed by atoms with Crippen LogP contribution in [0.15, 0.2) is 53.9 Å². The summed E-state index contributed by atoms with van der Waals surface area (Å²) < 4.78 is 24.6. The van der Waals surface area contributed by atoms with Crippen molar-refractivity contribution in [2.75, 3.05) is 12.8 Å². The van der Waals surface area contributed by atoms with Gasteiger partial charge in [-0.1, -0.05) is 36.4 Å². The van der Waals surface area contributed by atoms with E-state index in [9.17, 15) is 13.2 Å². The number of carboxylic acids is 1. The zero-order valence-corrected chi connectivity index (χ0v) is 16.2. The lowest BCUT2D eigenvalue weighted by Gasteiger charge is -2.04. The summed E-state index contributed by atoms with van der Waals surface area (Å²) in [5.74, 6) is -0.963. The molecule has 6 nitrogen and oxygen atoms in total. The van der Waals surface area contributed by atoms with Crippen LogP contribution in [0.2, 0.25) is 0 Å². The molecule has 140 valence electrons. The molecule has 0 atom stereocenters. The number of thiazole rings is 1. The van der Waals surface area contributed by atoms with Gasteiger partial charge in [-0.25, -0.2) is 22.9 Å². The lowest BCUT2D eigenvalue weighted by atomic mass is 10.1. The Bertz CT molecular complexity index is 1060. The maximum absolute atomic E-state index is 11.1. The molecule has 0 radical (unpaired) electrons. The Kier molecular flexibility index (Phi) is 5.69. The highest BCUT2D eigenvalue weighted by atomic mass is 32.2. The van der Waals surface area contributed by atoms with Crippen LogP contribution in [0.25, 0.3) is 21.8 Å². The van der Waals surface area contributed by atoms with Crippen molar-refractivity contribution in [1.82, 2.24) is 9.71 Å². The smallest absolute Gasteiger partial charge is 0.335 e. The van der Waals surface area contributed by atoms with Crippen molar-refractivity contribution < 1.29 is 18.3 Å². The Balaban J connectivity index is 1.73. The molecule has 1 heterocycles. The number of carboxylic acid groups (broad SMARTS) is 1. The fourth-order valence-electron chi connectivity index (χ4n) is 2.55. The zero-order chi connectivity index (χ0) is 19.4. The van der Waals surface area contributed by atoms with Gasteiger partial charge in [0.05, 0.1) is 17.5 Å². The van der Waals surface area contributed by atoms with Crippen LogP contribution < -0.4 is 4.72 Å². The molecule has 0 saturated carbocycles. The second-order valence-electron chi connectivity index (χ2n) is 6.04. The predicted molar refractivity (Wildman–Crippen MR) is 106 cm³/mol. The fraction of sp³-hybridized carbons (Fsp3) is 0.158. The van der Waals surface area contributed by atoms with E-state index in [0.29, 0.717) is 13.0 Å². The number of hydrogen-bond donors (Lipinski definition) is 2. The topological polar surface area (TPSA) is 96.4 Å². The molecule has 0 spiro atoms. The first-order chi connectivity index (χ1) is 12.8. The number of benzene rings is 2. The molecule has 3 aromatic rings. The number of aromatic carboxylic acids is 1. The molecule has 2 aromatic carbocycles. The van der Waals surface area contributed by atoms with Gasteiger partial charge in [0.15, 0.2) is 0 Å². The third-order valence-electron chi connectivity index (χ3n) is 3.89. The number of carbonyl (C=O) groups is 1. The molecular formula is C19H18N2O4S2. The van der Waals surface area contributed by atoms with Gasteiger partial charge in [-0.05, 0) is 24.1 Å².